The topological polar surface area (TPSA) is 130 Å². The van der Waals surface area contributed by atoms with Crippen LogP contribution in [0.5, 0.6) is 11.6 Å². The molecule has 2 aromatic heterocycles. The molecule has 212 valence electrons. The Hall–Kier alpha value is -4.23. The molecule has 1 saturated heterocycles. The van der Waals surface area contributed by atoms with E-state index in [-0.39, 0.29) is 48.0 Å². The number of pyridine rings is 1. The summed E-state index contributed by atoms with van der Waals surface area (Å²) in [4.78, 5) is 50.0. The molecule has 2 amide bonds. The van der Waals surface area contributed by atoms with Crippen molar-refractivity contribution in [2.24, 2.45) is 0 Å². The van der Waals surface area contributed by atoms with Gasteiger partial charge in [0.2, 0.25) is 11.8 Å². The molecule has 0 saturated carbocycles. The molecule has 0 aliphatic carbocycles. The minimum Gasteiger partial charge on any atom is -0.434 e. The molecule has 3 heterocycles. The molecular formula is C27H30F2N6O5. The van der Waals surface area contributed by atoms with Crippen molar-refractivity contribution in [2.75, 3.05) is 31.6 Å². The quantitative estimate of drug-likeness (QED) is 0.432. The van der Waals surface area contributed by atoms with Crippen molar-refractivity contribution >= 4 is 17.6 Å². The molecule has 4 rings (SSSR count). The number of benzene rings is 1. The van der Waals surface area contributed by atoms with Gasteiger partial charge in [0.1, 0.15) is 5.82 Å². The van der Waals surface area contributed by atoms with Crippen LogP contribution in [0.3, 0.4) is 0 Å². The van der Waals surface area contributed by atoms with Crippen molar-refractivity contribution in [2.45, 2.75) is 38.9 Å². The van der Waals surface area contributed by atoms with Gasteiger partial charge in [-0.15, -0.1) is 0 Å². The van der Waals surface area contributed by atoms with E-state index in [4.69, 9.17) is 4.74 Å². The third kappa shape index (κ3) is 6.49. The number of halogens is 2. The summed E-state index contributed by atoms with van der Waals surface area (Å²) in [6.45, 7) is 6.62. The van der Waals surface area contributed by atoms with Crippen molar-refractivity contribution in [3.63, 3.8) is 0 Å². The molecular weight excluding hydrogens is 526 g/mol. The van der Waals surface area contributed by atoms with Crippen LogP contribution in [-0.2, 0) is 11.3 Å². The minimum absolute atomic E-state index is 0.0362. The highest BCUT2D eigenvalue weighted by Crippen LogP contribution is 2.26. The van der Waals surface area contributed by atoms with E-state index < -0.39 is 23.2 Å². The second-order valence-corrected chi connectivity index (χ2v) is 9.99. The molecule has 3 aromatic rings. The molecule has 0 unspecified atom stereocenters. The Balaban J connectivity index is 1.36. The monoisotopic (exact) mass is 556 g/mol. The Kier molecular flexibility index (Phi) is 8.55. The maximum Gasteiger partial charge on any atom is 0.255 e. The first-order chi connectivity index (χ1) is 19.0. The normalized spacial score (nSPS) is 15.9. The maximum absolute atomic E-state index is 13.8. The second-order valence-electron chi connectivity index (χ2n) is 9.99. The van der Waals surface area contributed by atoms with Crippen LogP contribution in [0, 0.1) is 11.6 Å². The van der Waals surface area contributed by atoms with Gasteiger partial charge in [0.05, 0.1) is 36.1 Å². The summed E-state index contributed by atoms with van der Waals surface area (Å²) in [6.07, 6.45) is 3.92. The third-order valence-electron chi connectivity index (χ3n) is 6.66. The zero-order valence-corrected chi connectivity index (χ0v) is 22.3. The first kappa shape index (κ1) is 28.8. The zero-order valence-electron chi connectivity index (χ0n) is 22.3. The number of anilines is 1. The molecule has 11 nitrogen and oxygen atoms in total. The van der Waals surface area contributed by atoms with Crippen molar-refractivity contribution in [3.05, 3.63) is 76.5 Å². The predicted octanol–water partition coefficient (Wildman–Crippen LogP) is 2.26. The lowest BCUT2D eigenvalue weighted by Crippen LogP contribution is -2.63. The molecule has 40 heavy (non-hydrogen) atoms. The SMILES string of the molecule is C[C@@H](C(=O)Nc1cnc(Oc2ccc(F)cc2F)cn1)N1CCN(C(=O)c2ccc(=O)n(CCO)c2)C(C)(C)C1. The molecule has 1 fully saturated rings. The first-order valence-corrected chi connectivity index (χ1v) is 12.6. The summed E-state index contributed by atoms with van der Waals surface area (Å²) in [7, 11) is 0. The van der Waals surface area contributed by atoms with Gasteiger partial charge in [0.25, 0.3) is 11.5 Å². The van der Waals surface area contributed by atoms with Crippen LogP contribution in [0.1, 0.15) is 31.1 Å². The predicted molar refractivity (Wildman–Crippen MR) is 141 cm³/mol. The van der Waals surface area contributed by atoms with Gasteiger partial charge in [-0.2, -0.15) is 0 Å². The molecule has 0 bridgehead atoms. The lowest BCUT2D eigenvalue weighted by atomic mass is 9.96. The Morgan fingerprint density at radius 3 is 2.58 bits per heavy atom. The van der Waals surface area contributed by atoms with Crippen LogP contribution >= 0.6 is 0 Å². The van der Waals surface area contributed by atoms with Gasteiger partial charge in [0, 0.05) is 44.5 Å². The lowest BCUT2D eigenvalue weighted by Gasteiger charge is -2.48. The number of hydrogen-bond acceptors (Lipinski definition) is 8. The second kappa shape index (κ2) is 11.9. The molecule has 0 spiro atoms. The van der Waals surface area contributed by atoms with Gasteiger partial charge in [-0.3, -0.25) is 19.3 Å². The molecule has 1 aliphatic rings. The number of aliphatic hydroxyl groups is 1. The number of nitrogens with one attached hydrogen (secondary N) is 1. The van der Waals surface area contributed by atoms with Gasteiger partial charge in [-0.1, -0.05) is 0 Å². The number of nitrogens with zero attached hydrogens (tertiary/aromatic N) is 5. The van der Waals surface area contributed by atoms with E-state index in [1.807, 2.05) is 18.7 Å². The fourth-order valence-electron chi connectivity index (χ4n) is 4.50. The van der Waals surface area contributed by atoms with E-state index in [0.29, 0.717) is 31.3 Å². The van der Waals surface area contributed by atoms with Crippen LogP contribution in [0.2, 0.25) is 0 Å². The van der Waals surface area contributed by atoms with Gasteiger partial charge >= 0.3 is 0 Å². The summed E-state index contributed by atoms with van der Waals surface area (Å²) in [5.74, 6) is -2.29. The fourth-order valence-corrected chi connectivity index (χ4v) is 4.50. The highest BCUT2D eigenvalue weighted by molar-refractivity contribution is 5.95. The Morgan fingerprint density at radius 2 is 1.93 bits per heavy atom. The number of carbonyl (C=O) groups is 2. The Bertz CT molecular complexity index is 1450. The molecule has 0 radical (unpaired) electrons. The van der Waals surface area contributed by atoms with Crippen LogP contribution < -0.4 is 15.6 Å². The van der Waals surface area contributed by atoms with Gasteiger partial charge in [-0.05, 0) is 39.0 Å². The first-order valence-electron chi connectivity index (χ1n) is 12.6. The highest BCUT2D eigenvalue weighted by atomic mass is 19.1. The number of ether oxygens (including phenoxy) is 1. The molecule has 13 heteroatoms. The van der Waals surface area contributed by atoms with Crippen LogP contribution in [-0.4, -0.2) is 79.1 Å². The Labute approximate surface area is 229 Å². The average Bonchev–Trinajstić information content (AvgIpc) is 2.91. The summed E-state index contributed by atoms with van der Waals surface area (Å²) in [5, 5.41) is 11.9. The van der Waals surface area contributed by atoms with Gasteiger partial charge in [0.15, 0.2) is 17.4 Å². The van der Waals surface area contributed by atoms with E-state index in [1.165, 1.54) is 35.3 Å². The number of hydrogen-bond donors (Lipinski definition) is 2. The fraction of sp³-hybridized carbons (Fsp3) is 0.370. The van der Waals surface area contributed by atoms with Crippen LogP contribution in [0.4, 0.5) is 14.6 Å². The summed E-state index contributed by atoms with van der Waals surface area (Å²) in [5.41, 5.74) is -0.590. The largest absolute Gasteiger partial charge is 0.434 e. The van der Waals surface area contributed by atoms with Crippen molar-refractivity contribution in [1.29, 1.82) is 0 Å². The maximum atomic E-state index is 13.8. The number of aliphatic hydroxyl groups excluding tert-OH is 1. The van der Waals surface area contributed by atoms with Crippen molar-refractivity contribution < 1.29 is 28.2 Å². The number of carbonyl (C=O) groups excluding carboxylic acids is 2. The van der Waals surface area contributed by atoms with E-state index in [1.54, 1.807) is 11.8 Å². The van der Waals surface area contributed by atoms with Crippen molar-refractivity contribution in [3.8, 4) is 11.6 Å². The van der Waals surface area contributed by atoms with Gasteiger partial charge < -0.3 is 24.6 Å². The van der Waals surface area contributed by atoms with Crippen molar-refractivity contribution in [1.82, 2.24) is 24.3 Å². The molecule has 2 N–H and O–H groups in total. The van der Waals surface area contributed by atoms with Crippen LogP contribution in [0.25, 0.3) is 0 Å². The number of aromatic nitrogens is 3. The third-order valence-corrected chi connectivity index (χ3v) is 6.66. The van der Waals surface area contributed by atoms with E-state index >= 15 is 0 Å². The van der Waals surface area contributed by atoms with Gasteiger partial charge in [-0.25, -0.2) is 18.7 Å². The Morgan fingerprint density at radius 1 is 1.15 bits per heavy atom. The van der Waals surface area contributed by atoms with Crippen LogP contribution in [0.15, 0.2) is 53.7 Å². The molecule has 1 aromatic carbocycles. The standard InChI is InChI=1S/C27H30F2N6O5/c1-17(25(38)32-22-13-31-23(14-30-22)40-21-6-5-19(28)12-20(21)29)34-8-9-35(27(2,3)16-34)26(39)18-4-7-24(37)33(15-18)10-11-36/h4-7,12-15,17,36H,8-11,16H2,1-3H3,(H,30,32,38)/t17-/m0/s1. The highest BCUT2D eigenvalue weighted by Gasteiger charge is 2.39. The summed E-state index contributed by atoms with van der Waals surface area (Å²) in [6, 6.07) is 5.10. The summed E-state index contributed by atoms with van der Waals surface area (Å²) < 4.78 is 33.5. The van der Waals surface area contributed by atoms with E-state index in [2.05, 4.69) is 15.3 Å². The van der Waals surface area contributed by atoms with E-state index in [9.17, 15) is 28.3 Å². The lowest BCUT2D eigenvalue weighted by molar-refractivity contribution is -0.122. The number of amides is 2. The number of piperazine rings is 1. The number of rotatable bonds is 8. The van der Waals surface area contributed by atoms with E-state index in [0.717, 1.165) is 12.1 Å². The average molecular weight is 557 g/mol. The minimum atomic E-state index is -0.886. The summed E-state index contributed by atoms with van der Waals surface area (Å²) >= 11 is 0. The smallest absolute Gasteiger partial charge is 0.255 e. The zero-order chi connectivity index (χ0) is 29.0. The molecule has 1 aliphatic heterocycles. The molecule has 1 atom stereocenters.